The first kappa shape index (κ1) is 24.9. The summed E-state index contributed by atoms with van der Waals surface area (Å²) in [7, 11) is 0. The first-order valence-electron chi connectivity index (χ1n) is 10.6. The molecule has 1 aliphatic heterocycles. The third-order valence-electron chi connectivity index (χ3n) is 5.25. The smallest absolute Gasteiger partial charge is 0.191 e. The van der Waals surface area contributed by atoms with Crippen molar-refractivity contribution in [3.8, 4) is 0 Å². The summed E-state index contributed by atoms with van der Waals surface area (Å²) in [5, 5.41) is 21.1. The third kappa shape index (κ3) is 7.39. The van der Waals surface area contributed by atoms with E-state index in [1.165, 1.54) is 25.7 Å². The Morgan fingerprint density at radius 3 is 2.57 bits per heavy atom. The molecule has 166 valence electrons. The van der Waals surface area contributed by atoms with Crippen molar-refractivity contribution >= 4 is 47.1 Å². The highest BCUT2D eigenvalue weighted by Crippen LogP contribution is 2.22. The minimum absolute atomic E-state index is 0. The molecule has 1 fully saturated rings. The lowest BCUT2D eigenvalue weighted by Crippen LogP contribution is -2.44. The summed E-state index contributed by atoms with van der Waals surface area (Å²) in [5.74, 6) is 1.76. The predicted octanol–water partition coefficient (Wildman–Crippen LogP) is 4.10. The highest BCUT2D eigenvalue weighted by Gasteiger charge is 2.23. The molecule has 30 heavy (non-hydrogen) atoms. The minimum Gasteiger partial charge on any atom is -0.384 e. The summed E-state index contributed by atoms with van der Waals surface area (Å²) in [6.07, 6.45) is 7.07. The number of hydrogen-bond donors (Lipinski definition) is 3. The Labute approximate surface area is 201 Å². The van der Waals surface area contributed by atoms with E-state index in [9.17, 15) is 5.11 Å². The second-order valence-electron chi connectivity index (χ2n) is 7.76. The number of aliphatic hydroxyl groups is 1. The average Bonchev–Trinajstić information content (AvgIpc) is 3.15. The summed E-state index contributed by atoms with van der Waals surface area (Å²) in [5.41, 5.74) is 1.05. The Hall–Kier alpha value is -1.39. The fraction of sp³-hybridized carbons (Fsp3) is 0.545. The molecule has 1 atom stereocenters. The lowest BCUT2D eigenvalue weighted by Gasteiger charge is -2.24. The molecule has 0 spiro atoms. The van der Waals surface area contributed by atoms with Crippen LogP contribution in [0.5, 0.6) is 0 Å². The zero-order chi connectivity index (χ0) is 20.5. The van der Waals surface area contributed by atoms with E-state index in [4.69, 9.17) is 0 Å². The van der Waals surface area contributed by atoms with Crippen LogP contribution in [0.25, 0.3) is 0 Å². The van der Waals surface area contributed by atoms with E-state index in [-0.39, 0.29) is 24.0 Å². The number of hydrogen-bond acceptors (Lipinski definition) is 5. The van der Waals surface area contributed by atoms with Crippen molar-refractivity contribution in [1.29, 1.82) is 0 Å². The highest BCUT2D eigenvalue weighted by molar-refractivity contribution is 14.0. The quantitative estimate of drug-likeness (QED) is 0.279. The maximum atomic E-state index is 10.7. The fourth-order valence-electron chi connectivity index (χ4n) is 3.44. The summed E-state index contributed by atoms with van der Waals surface area (Å²) in [6, 6.07) is 6.17. The van der Waals surface area contributed by atoms with Gasteiger partial charge in [0.1, 0.15) is 11.4 Å². The van der Waals surface area contributed by atoms with E-state index in [2.05, 4.69) is 37.6 Å². The number of rotatable bonds is 7. The number of anilines is 1. The van der Waals surface area contributed by atoms with Gasteiger partial charge in [-0.3, -0.25) is 0 Å². The van der Waals surface area contributed by atoms with Crippen LogP contribution in [0.4, 0.5) is 5.82 Å². The molecule has 1 saturated heterocycles. The van der Waals surface area contributed by atoms with Crippen LogP contribution in [0, 0.1) is 0 Å². The van der Waals surface area contributed by atoms with Crippen LogP contribution in [0.2, 0.25) is 0 Å². The van der Waals surface area contributed by atoms with Gasteiger partial charge in [0.25, 0.3) is 0 Å². The van der Waals surface area contributed by atoms with Gasteiger partial charge in [0, 0.05) is 25.8 Å². The van der Waals surface area contributed by atoms with Gasteiger partial charge in [-0.15, -0.1) is 24.0 Å². The van der Waals surface area contributed by atoms with E-state index in [1.807, 2.05) is 36.9 Å². The maximum Gasteiger partial charge on any atom is 0.191 e. The first-order valence-corrected chi connectivity index (χ1v) is 11.5. The lowest BCUT2D eigenvalue weighted by molar-refractivity contribution is 0.0621. The molecule has 8 heteroatoms. The van der Waals surface area contributed by atoms with Crippen molar-refractivity contribution in [3.05, 3.63) is 46.3 Å². The van der Waals surface area contributed by atoms with Gasteiger partial charge in [0.05, 0.1) is 13.1 Å². The van der Waals surface area contributed by atoms with Gasteiger partial charge >= 0.3 is 0 Å². The van der Waals surface area contributed by atoms with E-state index in [0.717, 1.165) is 36.6 Å². The van der Waals surface area contributed by atoms with Gasteiger partial charge in [-0.2, -0.15) is 11.3 Å². The predicted molar refractivity (Wildman–Crippen MR) is 137 cm³/mol. The molecule has 3 heterocycles. The van der Waals surface area contributed by atoms with Gasteiger partial charge in [0.15, 0.2) is 5.96 Å². The molecule has 6 nitrogen and oxygen atoms in total. The van der Waals surface area contributed by atoms with E-state index in [1.54, 1.807) is 11.3 Å². The van der Waals surface area contributed by atoms with E-state index < -0.39 is 5.60 Å². The molecular formula is C22H34IN5OS. The Morgan fingerprint density at radius 2 is 1.97 bits per heavy atom. The molecule has 3 rings (SSSR count). The largest absolute Gasteiger partial charge is 0.384 e. The summed E-state index contributed by atoms with van der Waals surface area (Å²) < 4.78 is 0. The summed E-state index contributed by atoms with van der Waals surface area (Å²) in [4.78, 5) is 11.7. The van der Waals surface area contributed by atoms with Crippen molar-refractivity contribution in [3.63, 3.8) is 0 Å². The van der Waals surface area contributed by atoms with Crippen LogP contribution in [0.1, 0.15) is 50.7 Å². The average molecular weight is 544 g/mol. The number of nitrogens with zero attached hydrogens (tertiary/aromatic N) is 3. The molecule has 0 aliphatic carbocycles. The SMILES string of the molecule is CCNC(=NCc1ccc(N2CCCCCC2)nc1)NCC(C)(O)c1ccsc1.I. The second kappa shape index (κ2) is 12.5. The van der Waals surface area contributed by atoms with Gasteiger partial charge in [-0.05, 0) is 60.7 Å². The van der Waals surface area contributed by atoms with Crippen LogP contribution in [0.3, 0.4) is 0 Å². The number of guanidine groups is 1. The molecule has 0 amide bonds. The number of pyridine rings is 1. The standard InChI is InChI=1S/C22H33N5OS.HI/c1-3-23-21(26-17-22(2,28)19-10-13-29-16-19)25-15-18-8-9-20(24-14-18)27-11-6-4-5-7-12-27;/h8-10,13-14,16,28H,3-7,11-12,15,17H2,1-2H3,(H2,23,25,26);1H. The van der Waals surface area contributed by atoms with Crippen LogP contribution in [-0.2, 0) is 12.1 Å². The number of aliphatic imine (C=N–C) groups is 1. The summed E-state index contributed by atoms with van der Waals surface area (Å²) in [6.45, 7) is 7.75. The van der Waals surface area contributed by atoms with Crippen LogP contribution < -0.4 is 15.5 Å². The van der Waals surface area contributed by atoms with Gasteiger partial charge in [0.2, 0.25) is 0 Å². The molecule has 0 saturated carbocycles. The van der Waals surface area contributed by atoms with Crippen LogP contribution >= 0.6 is 35.3 Å². The zero-order valence-corrected chi connectivity index (χ0v) is 21.1. The highest BCUT2D eigenvalue weighted by atomic mass is 127. The summed E-state index contributed by atoms with van der Waals surface area (Å²) >= 11 is 1.59. The van der Waals surface area contributed by atoms with E-state index in [0.29, 0.717) is 19.0 Å². The normalized spacial score (nSPS) is 16.9. The number of nitrogens with one attached hydrogen (secondary N) is 2. The fourth-order valence-corrected chi connectivity index (χ4v) is 4.22. The molecule has 0 radical (unpaired) electrons. The van der Waals surface area contributed by atoms with Crippen molar-refractivity contribution in [2.24, 2.45) is 4.99 Å². The molecule has 0 bridgehead atoms. The van der Waals surface area contributed by atoms with E-state index >= 15 is 0 Å². The zero-order valence-electron chi connectivity index (χ0n) is 17.9. The van der Waals surface area contributed by atoms with Crippen molar-refractivity contribution in [1.82, 2.24) is 15.6 Å². The molecule has 2 aromatic heterocycles. The topological polar surface area (TPSA) is 72.8 Å². The van der Waals surface area contributed by atoms with Crippen LogP contribution in [0.15, 0.2) is 40.1 Å². The van der Waals surface area contributed by atoms with Crippen LogP contribution in [-0.4, -0.2) is 42.2 Å². The molecule has 2 aromatic rings. The van der Waals surface area contributed by atoms with Crippen molar-refractivity contribution in [2.75, 3.05) is 31.1 Å². The number of aromatic nitrogens is 1. The van der Waals surface area contributed by atoms with Crippen molar-refractivity contribution in [2.45, 2.75) is 51.7 Å². The first-order chi connectivity index (χ1) is 14.1. The number of thiophene rings is 1. The molecule has 1 unspecified atom stereocenters. The third-order valence-corrected chi connectivity index (χ3v) is 5.93. The Bertz CT molecular complexity index is 756. The van der Waals surface area contributed by atoms with Crippen molar-refractivity contribution < 1.29 is 5.11 Å². The second-order valence-corrected chi connectivity index (χ2v) is 8.54. The number of halogens is 1. The van der Waals surface area contributed by atoms with Gasteiger partial charge < -0.3 is 20.6 Å². The Balaban J connectivity index is 0.00000320. The molecule has 1 aliphatic rings. The Kier molecular flexibility index (Phi) is 10.3. The minimum atomic E-state index is -0.938. The lowest BCUT2D eigenvalue weighted by atomic mass is 9.99. The van der Waals surface area contributed by atoms with Gasteiger partial charge in [-0.1, -0.05) is 18.9 Å². The Morgan fingerprint density at radius 1 is 1.20 bits per heavy atom. The molecular weight excluding hydrogens is 509 g/mol. The molecule has 0 aromatic carbocycles. The maximum absolute atomic E-state index is 10.7. The van der Waals surface area contributed by atoms with Gasteiger partial charge in [-0.25, -0.2) is 9.98 Å². The monoisotopic (exact) mass is 543 g/mol. The molecule has 3 N–H and O–H groups in total.